The number of rotatable bonds is 2. The van der Waals surface area contributed by atoms with E-state index in [1.807, 2.05) is 0 Å². The first-order valence-electron chi connectivity index (χ1n) is 8.39. The third kappa shape index (κ3) is 3.99. The smallest absolute Gasteiger partial charge is 0.403 e. The SMILES string of the molecule is CC1CCC(C2CCc3cc(OC(F)(F)F)c(F)cc3C2)CC1. The molecule has 0 amide bonds. The molecule has 2 aliphatic carbocycles. The molecule has 1 aromatic carbocycles. The summed E-state index contributed by atoms with van der Waals surface area (Å²) in [6.07, 6.45) is 2.55. The van der Waals surface area contributed by atoms with Gasteiger partial charge in [0, 0.05) is 0 Å². The van der Waals surface area contributed by atoms with E-state index >= 15 is 0 Å². The maximum absolute atomic E-state index is 13.9. The van der Waals surface area contributed by atoms with Crippen LogP contribution in [-0.4, -0.2) is 6.36 Å². The molecule has 3 rings (SSSR count). The molecule has 1 fully saturated rings. The summed E-state index contributed by atoms with van der Waals surface area (Å²) in [6, 6.07) is 2.48. The molecular formula is C18H22F4O. The van der Waals surface area contributed by atoms with Gasteiger partial charge >= 0.3 is 6.36 Å². The van der Waals surface area contributed by atoms with Crippen LogP contribution in [0.4, 0.5) is 17.6 Å². The highest BCUT2D eigenvalue weighted by molar-refractivity contribution is 5.39. The van der Waals surface area contributed by atoms with Crippen LogP contribution in [0.25, 0.3) is 0 Å². The number of hydrogen-bond donors (Lipinski definition) is 0. The maximum atomic E-state index is 13.9. The minimum absolute atomic E-state index is 0.531. The summed E-state index contributed by atoms with van der Waals surface area (Å²) >= 11 is 0. The van der Waals surface area contributed by atoms with Gasteiger partial charge in [0.15, 0.2) is 11.6 Å². The molecule has 0 N–H and O–H groups in total. The standard InChI is InChI=1S/C18H22F4O/c1-11-2-4-12(5-3-11)13-6-7-14-10-17(23-18(20,21)22)16(19)9-15(14)8-13/h9-13H,2-8H2,1H3. The normalized spacial score (nSPS) is 28.3. The zero-order chi connectivity index (χ0) is 16.6. The molecule has 0 aliphatic heterocycles. The van der Waals surface area contributed by atoms with Crippen molar-refractivity contribution in [3.8, 4) is 5.75 Å². The van der Waals surface area contributed by atoms with E-state index < -0.39 is 17.9 Å². The van der Waals surface area contributed by atoms with Crippen LogP contribution in [0.1, 0.15) is 50.2 Å². The number of alkyl halides is 3. The average molecular weight is 330 g/mol. The van der Waals surface area contributed by atoms with E-state index in [0.29, 0.717) is 18.3 Å². The summed E-state index contributed by atoms with van der Waals surface area (Å²) in [7, 11) is 0. The Kier molecular flexibility index (Phi) is 4.56. The maximum Gasteiger partial charge on any atom is 0.573 e. The predicted octanol–water partition coefficient (Wildman–Crippen LogP) is 5.66. The van der Waals surface area contributed by atoms with Crippen molar-refractivity contribution in [1.82, 2.24) is 0 Å². The summed E-state index contributed by atoms with van der Waals surface area (Å²) in [5.41, 5.74) is 1.65. The van der Waals surface area contributed by atoms with E-state index in [2.05, 4.69) is 11.7 Å². The molecule has 0 radical (unpaired) electrons. The van der Waals surface area contributed by atoms with Crippen molar-refractivity contribution in [2.24, 2.45) is 17.8 Å². The minimum Gasteiger partial charge on any atom is -0.403 e. The number of benzene rings is 1. The molecule has 1 aromatic rings. The lowest BCUT2D eigenvalue weighted by molar-refractivity contribution is -0.275. The number of halogens is 4. The quantitative estimate of drug-likeness (QED) is 0.636. The first-order valence-corrected chi connectivity index (χ1v) is 8.39. The van der Waals surface area contributed by atoms with Crippen molar-refractivity contribution in [1.29, 1.82) is 0 Å². The molecule has 1 nitrogen and oxygen atoms in total. The van der Waals surface area contributed by atoms with Gasteiger partial charge < -0.3 is 4.74 Å². The van der Waals surface area contributed by atoms with Crippen molar-refractivity contribution in [3.05, 3.63) is 29.1 Å². The fraction of sp³-hybridized carbons (Fsp3) is 0.667. The second-order valence-electron chi connectivity index (χ2n) is 7.12. The van der Waals surface area contributed by atoms with Gasteiger partial charge in [0.2, 0.25) is 0 Å². The van der Waals surface area contributed by atoms with E-state index in [1.165, 1.54) is 37.8 Å². The second-order valence-corrected chi connectivity index (χ2v) is 7.12. The van der Waals surface area contributed by atoms with E-state index in [-0.39, 0.29) is 0 Å². The van der Waals surface area contributed by atoms with Gasteiger partial charge in [0.25, 0.3) is 0 Å². The first-order chi connectivity index (χ1) is 10.8. The summed E-state index contributed by atoms with van der Waals surface area (Å²) in [5.74, 6) is 0.374. The van der Waals surface area contributed by atoms with Crippen LogP contribution in [0, 0.1) is 23.6 Å². The van der Waals surface area contributed by atoms with Gasteiger partial charge in [-0.2, -0.15) is 0 Å². The molecule has 1 saturated carbocycles. The van der Waals surface area contributed by atoms with Crippen LogP contribution in [0.3, 0.4) is 0 Å². The molecule has 23 heavy (non-hydrogen) atoms. The number of hydrogen-bond acceptors (Lipinski definition) is 1. The molecule has 1 atom stereocenters. The van der Waals surface area contributed by atoms with Crippen LogP contribution in [-0.2, 0) is 12.8 Å². The molecule has 0 bridgehead atoms. The summed E-state index contributed by atoms with van der Waals surface area (Å²) in [5, 5.41) is 0. The zero-order valence-corrected chi connectivity index (χ0v) is 13.3. The molecule has 1 unspecified atom stereocenters. The summed E-state index contributed by atoms with van der Waals surface area (Å²) in [6.45, 7) is 2.28. The van der Waals surface area contributed by atoms with Gasteiger partial charge in [-0.3, -0.25) is 0 Å². The Labute approximate surface area is 134 Å². The van der Waals surface area contributed by atoms with E-state index in [1.54, 1.807) is 0 Å². The zero-order valence-electron chi connectivity index (χ0n) is 13.3. The number of ether oxygens (including phenoxy) is 1. The lowest BCUT2D eigenvalue weighted by Crippen LogP contribution is -2.26. The Morgan fingerprint density at radius 2 is 1.65 bits per heavy atom. The Hall–Kier alpha value is -1.26. The van der Waals surface area contributed by atoms with Gasteiger partial charge in [-0.25, -0.2) is 4.39 Å². The number of fused-ring (bicyclic) bond motifs is 1. The van der Waals surface area contributed by atoms with Crippen molar-refractivity contribution < 1.29 is 22.3 Å². The molecular weight excluding hydrogens is 308 g/mol. The lowest BCUT2D eigenvalue weighted by atomic mass is 9.70. The van der Waals surface area contributed by atoms with E-state index in [9.17, 15) is 17.6 Å². The third-order valence-electron chi connectivity index (χ3n) is 5.47. The first kappa shape index (κ1) is 16.6. The predicted molar refractivity (Wildman–Crippen MR) is 79.7 cm³/mol. The third-order valence-corrected chi connectivity index (χ3v) is 5.47. The van der Waals surface area contributed by atoms with Crippen molar-refractivity contribution in [2.75, 3.05) is 0 Å². The molecule has 0 spiro atoms. The molecule has 0 aromatic heterocycles. The highest BCUT2D eigenvalue weighted by Gasteiger charge is 2.34. The fourth-order valence-electron chi connectivity index (χ4n) is 4.15. The lowest BCUT2D eigenvalue weighted by Gasteiger charge is -2.35. The second kappa shape index (κ2) is 6.33. The Morgan fingerprint density at radius 1 is 0.957 bits per heavy atom. The van der Waals surface area contributed by atoms with Crippen molar-refractivity contribution in [3.63, 3.8) is 0 Å². The molecule has 5 heteroatoms. The van der Waals surface area contributed by atoms with Gasteiger partial charge in [-0.15, -0.1) is 13.2 Å². The Morgan fingerprint density at radius 3 is 2.30 bits per heavy atom. The van der Waals surface area contributed by atoms with Gasteiger partial charge in [0.05, 0.1) is 0 Å². The van der Waals surface area contributed by atoms with Crippen LogP contribution in [0.5, 0.6) is 5.75 Å². The Bertz CT molecular complexity index is 559. The monoisotopic (exact) mass is 330 g/mol. The molecule has 0 heterocycles. The molecule has 128 valence electrons. The van der Waals surface area contributed by atoms with Crippen LogP contribution >= 0.6 is 0 Å². The van der Waals surface area contributed by atoms with Crippen LogP contribution in [0.2, 0.25) is 0 Å². The van der Waals surface area contributed by atoms with E-state index in [4.69, 9.17) is 0 Å². The minimum atomic E-state index is -4.86. The molecule has 0 saturated heterocycles. The van der Waals surface area contributed by atoms with E-state index in [0.717, 1.165) is 29.9 Å². The van der Waals surface area contributed by atoms with Crippen molar-refractivity contribution >= 4 is 0 Å². The van der Waals surface area contributed by atoms with Gasteiger partial charge in [-0.05, 0) is 73.1 Å². The largest absolute Gasteiger partial charge is 0.573 e. The fourth-order valence-corrected chi connectivity index (χ4v) is 4.15. The number of aryl methyl sites for hydroxylation is 1. The van der Waals surface area contributed by atoms with Gasteiger partial charge in [0.1, 0.15) is 0 Å². The van der Waals surface area contributed by atoms with Crippen LogP contribution in [0.15, 0.2) is 12.1 Å². The highest BCUT2D eigenvalue weighted by atomic mass is 19.4. The topological polar surface area (TPSA) is 9.23 Å². The van der Waals surface area contributed by atoms with Gasteiger partial charge in [-0.1, -0.05) is 19.8 Å². The van der Waals surface area contributed by atoms with Crippen LogP contribution < -0.4 is 4.74 Å². The average Bonchev–Trinajstić information content (AvgIpc) is 2.47. The highest BCUT2D eigenvalue weighted by Crippen LogP contribution is 2.40. The Balaban J connectivity index is 1.73. The summed E-state index contributed by atoms with van der Waals surface area (Å²) < 4.78 is 54.6. The van der Waals surface area contributed by atoms with Crippen molar-refractivity contribution in [2.45, 2.75) is 58.2 Å². The summed E-state index contributed by atoms with van der Waals surface area (Å²) in [4.78, 5) is 0. The molecule has 2 aliphatic rings.